The summed E-state index contributed by atoms with van der Waals surface area (Å²) in [4.78, 5) is 12.2. The molecule has 0 saturated carbocycles. The summed E-state index contributed by atoms with van der Waals surface area (Å²) in [6.45, 7) is 7.02. The molecule has 2 rings (SSSR count). The fourth-order valence-electron chi connectivity index (χ4n) is 2.64. The van der Waals surface area contributed by atoms with E-state index in [0.29, 0.717) is 25.4 Å². The second-order valence-corrected chi connectivity index (χ2v) is 5.85. The molecule has 2 aromatic rings. The van der Waals surface area contributed by atoms with Gasteiger partial charge in [0, 0.05) is 6.42 Å². The van der Waals surface area contributed by atoms with Gasteiger partial charge in [-0.05, 0) is 50.5 Å². The zero-order chi connectivity index (χ0) is 18.1. The first-order valence-corrected chi connectivity index (χ1v) is 8.86. The zero-order valence-electron chi connectivity index (χ0n) is 15.2. The van der Waals surface area contributed by atoms with Gasteiger partial charge in [0.2, 0.25) is 5.91 Å². The molecule has 4 heteroatoms. The van der Waals surface area contributed by atoms with Gasteiger partial charge in [0.15, 0.2) is 11.5 Å². The smallest absolute Gasteiger partial charge is 0.220 e. The highest BCUT2D eigenvalue weighted by molar-refractivity contribution is 5.76. The van der Waals surface area contributed by atoms with Crippen LogP contribution in [0.15, 0.2) is 48.5 Å². The minimum atomic E-state index is -0.0850. The number of hydrogen-bond donors (Lipinski definition) is 1. The molecule has 1 amide bonds. The minimum absolute atomic E-state index is 0.0446. The maximum absolute atomic E-state index is 12.2. The number of carbonyl (C=O) groups excluding carboxylic acids is 1. The van der Waals surface area contributed by atoms with Crippen molar-refractivity contribution in [3.63, 3.8) is 0 Å². The van der Waals surface area contributed by atoms with Crippen molar-refractivity contribution in [2.45, 2.75) is 39.7 Å². The predicted molar refractivity (Wildman–Crippen MR) is 100 cm³/mol. The predicted octanol–water partition coefficient (Wildman–Crippen LogP) is 4.29. The first-order valence-electron chi connectivity index (χ1n) is 8.86. The Hall–Kier alpha value is -2.49. The molecular weight excluding hydrogens is 314 g/mol. The van der Waals surface area contributed by atoms with Crippen LogP contribution in [0.5, 0.6) is 11.5 Å². The number of amides is 1. The first kappa shape index (κ1) is 18.8. The molecule has 1 N–H and O–H groups in total. The quantitative estimate of drug-likeness (QED) is 0.740. The summed E-state index contributed by atoms with van der Waals surface area (Å²) >= 11 is 0. The fraction of sp³-hybridized carbons (Fsp3) is 0.381. The highest BCUT2D eigenvalue weighted by Gasteiger charge is 2.13. The van der Waals surface area contributed by atoms with Gasteiger partial charge in [-0.15, -0.1) is 0 Å². The Kier molecular flexibility index (Phi) is 7.33. The first-order chi connectivity index (χ1) is 12.1. The molecule has 0 radical (unpaired) electrons. The van der Waals surface area contributed by atoms with E-state index >= 15 is 0 Å². The van der Waals surface area contributed by atoms with Gasteiger partial charge in [-0.2, -0.15) is 0 Å². The third kappa shape index (κ3) is 5.82. The molecule has 0 aromatic heterocycles. The van der Waals surface area contributed by atoms with E-state index in [1.54, 1.807) is 0 Å². The Morgan fingerprint density at radius 1 is 1.00 bits per heavy atom. The van der Waals surface area contributed by atoms with Gasteiger partial charge >= 0.3 is 0 Å². The Bertz CT molecular complexity index is 670. The zero-order valence-corrected chi connectivity index (χ0v) is 15.2. The van der Waals surface area contributed by atoms with Gasteiger partial charge < -0.3 is 14.8 Å². The van der Waals surface area contributed by atoms with Crippen molar-refractivity contribution in [3.8, 4) is 11.5 Å². The molecule has 0 bridgehead atoms. The molecule has 0 saturated heterocycles. The summed E-state index contributed by atoms with van der Waals surface area (Å²) in [7, 11) is 0. The number of benzene rings is 2. The third-order valence-electron chi connectivity index (χ3n) is 3.93. The monoisotopic (exact) mass is 341 g/mol. The summed E-state index contributed by atoms with van der Waals surface area (Å²) < 4.78 is 11.2. The van der Waals surface area contributed by atoms with Crippen molar-refractivity contribution < 1.29 is 14.3 Å². The lowest BCUT2D eigenvalue weighted by Gasteiger charge is -2.17. The van der Waals surface area contributed by atoms with Crippen LogP contribution in [0, 0.1) is 0 Å². The standard InChI is InChI=1S/C21H27NO3/c1-4-24-19-13-12-18(15-20(19)25-5-2)16(3)22-21(23)14-11-17-9-7-6-8-10-17/h6-10,12-13,15-16H,4-5,11,14H2,1-3H3,(H,22,23). The van der Waals surface area contributed by atoms with Crippen molar-refractivity contribution in [1.82, 2.24) is 5.32 Å². The van der Waals surface area contributed by atoms with Crippen LogP contribution in [0.1, 0.15) is 44.4 Å². The number of nitrogens with one attached hydrogen (secondary N) is 1. The lowest BCUT2D eigenvalue weighted by molar-refractivity contribution is -0.121. The maximum Gasteiger partial charge on any atom is 0.220 e. The Labute approximate surface area is 150 Å². The summed E-state index contributed by atoms with van der Waals surface area (Å²) in [5.74, 6) is 1.49. The number of rotatable bonds is 9. The molecule has 0 aliphatic rings. The van der Waals surface area contributed by atoms with E-state index in [0.717, 1.165) is 17.7 Å². The van der Waals surface area contributed by atoms with E-state index in [1.807, 2.05) is 69.3 Å². The van der Waals surface area contributed by atoms with E-state index in [2.05, 4.69) is 5.32 Å². The number of carbonyl (C=O) groups is 1. The highest BCUT2D eigenvalue weighted by Crippen LogP contribution is 2.30. The van der Waals surface area contributed by atoms with Gasteiger partial charge in [-0.1, -0.05) is 36.4 Å². The lowest BCUT2D eigenvalue weighted by Crippen LogP contribution is -2.26. The second-order valence-electron chi connectivity index (χ2n) is 5.85. The van der Waals surface area contributed by atoms with Crippen molar-refractivity contribution >= 4 is 5.91 Å². The van der Waals surface area contributed by atoms with Gasteiger partial charge in [-0.25, -0.2) is 0 Å². The van der Waals surface area contributed by atoms with Crippen molar-refractivity contribution in [2.24, 2.45) is 0 Å². The van der Waals surface area contributed by atoms with Crippen molar-refractivity contribution in [2.75, 3.05) is 13.2 Å². The molecular formula is C21H27NO3. The van der Waals surface area contributed by atoms with Gasteiger partial charge in [0.25, 0.3) is 0 Å². The van der Waals surface area contributed by atoms with Crippen LogP contribution in [0.3, 0.4) is 0 Å². The Balaban J connectivity index is 1.95. The van der Waals surface area contributed by atoms with Crippen LogP contribution < -0.4 is 14.8 Å². The largest absolute Gasteiger partial charge is 0.490 e. The van der Waals surface area contributed by atoms with E-state index in [-0.39, 0.29) is 11.9 Å². The number of ether oxygens (including phenoxy) is 2. The molecule has 0 aliphatic carbocycles. The van der Waals surface area contributed by atoms with Crippen LogP contribution in [0.25, 0.3) is 0 Å². The van der Waals surface area contributed by atoms with Crippen molar-refractivity contribution in [3.05, 3.63) is 59.7 Å². The Morgan fingerprint density at radius 2 is 1.68 bits per heavy atom. The topological polar surface area (TPSA) is 47.6 Å². The van der Waals surface area contributed by atoms with Gasteiger partial charge in [0.05, 0.1) is 19.3 Å². The van der Waals surface area contributed by atoms with E-state index in [9.17, 15) is 4.79 Å². The van der Waals surface area contributed by atoms with Gasteiger partial charge in [-0.3, -0.25) is 4.79 Å². The summed E-state index contributed by atoms with van der Waals surface area (Å²) in [6, 6.07) is 15.8. The van der Waals surface area contributed by atoms with Crippen LogP contribution in [0.2, 0.25) is 0 Å². The second kappa shape index (κ2) is 9.72. The fourth-order valence-corrected chi connectivity index (χ4v) is 2.64. The maximum atomic E-state index is 12.2. The van der Waals surface area contributed by atoms with E-state index < -0.39 is 0 Å². The van der Waals surface area contributed by atoms with Crippen LogP contribution in [-0.4, -0.2) is 19.1 Å². The molecule has 25 heavy (non-hydrogen) atoms. The van der Waals surface area contributed by atoms with Crippen LogP contribution >= 0.6 is 0 Å². The molecule has 0 heterocycles. The summed E-state index contributed by atoms with van der Waals surface area (Å²) in [6.07, 6.45) is 1.22. The molecule has 1 unspecified atom stereocenters. The molecule has 4 nitrogen and oxygen atoms in total. The molecule has 134 valence electrons. The molecule has 2 aromatic carbocycles. The SMILES string of the molecule is CCOc1ccc(C(C)NC(=O)CCc2ccccc2)cc1OCC. The van der Waals surface area contributed by atoms with Crippen molar-refractivity contribution in [1.29, 1.82) is 0 Å². The van der Waals surface area contributed by atoms with E-state index in [4.69, 9.17) is 9.47 Å². The molecule has 0 aliphatic heterocycles. The molecule has 0 fully saturated rings. The van der Waals surface area contributed by atoms with Crippen LogP contribution in [0.4, 0.5) is 0 Å². The molecule has 1 atom stereocenters. The summed E-state index contributed by atoms with van der Waals surface area (Å²) in [5, 5.41) is 3.05. The number of aryl methyl sites for hydroxylation is 1. The Morgan fingerprint density at radius 3 is 2.36 bits per heavy atom. The minimum Gasteiger partial charge on any atom is -0.490 e. The summed E-state index contributed by atoms with van der Waals surface area (Å²) in [5.41, 5.74) is 2.17. The third-order valence-corrected chi connectivity index (χ3v) is 3.93. The van der Waals surface area contributed by atoms with Crippen LogP contribution in [-0.2, 0) is 11.2 Å². The molecule has 0 spiro atoms. The normalized spacial score (nSPS) is 11.6. The average Bonchev–Trinajstić information content (AvgIpc) is 2.62. The number of hydrogen-bond acceptors (Lipinski definition) is 3. The highest BCUT2D eigenvalue weighted by atomic mass is 16.5. The van der Waals surface area contributed by atoms with Gasteiger partial charge in [0.1, 0.15) is 0 Å². The average molecular weight is 341 g/mol. The lowest BCUT2D eigenvalue weighted by atomic mass is 10.1. The van der Waals surface area contributed by atoms with E-state index in [1.165, 1.54) is 5.56 Å².